The summed E-state index contributed by atoms with van der Waals surface area (Å²) in [5, 5.41) is 9.42. The van der Waals surface area contributed by atoms with Crippen molar-refractivity contribution in [1.29, 1.82) is 0 Å². The molecule has 88 valence electrons. The molecule has 1 saturated carbocycles. The third-order valence-corrected chi connectivity index (χ3v) is 3.79. The van der Waals surface area contributed by atoms with Crippen molar-refractivity contribution in [3.8, 4) is 0 Å². The zero-order valence-electron chi connectivity index (χ0n) is 9.61. The van der Waals surface area contributed by atoms with Crippen molar-refractivity contribution in [3.63, 3.8) is 0 Å². The number of hydrogen-bond donors (Lipinski definition) is 1. The molecule has 0 aromatic rings. The molecule has 2 aliphatic carbocycles. The van der Waals surface area contributed by atoms with E-state index in [1.807, 2.05) is 0 Å². The van der Waals surface area contributed by atoms with Crippen LogP contribution in [0.2, 0.25) is 0 Å². The van der Waals surface area contributed by atoms with Crippen LogP contribution in [0.3, 0.4) is 0 Å². The molecule has 3 atom stereocenters. The van der Waals surface area contributed by atoms with Crippen LogP contribution in [-0.4, -0.2) is 16.7 Å². The Labute approximate surface area is 95.5 Å². The number of hydrogen-bond acceptors (Lipinski definition) is 3. The Morgan fingerprint density at radius 2 is 2.00 bits per heavy atom. The van der Waals surface area contributed by atoms with Gasteiger partial charge in [0.1, 0.15) is 11.6 Å². The van der Waals surface area contributed by atoms with Crippen LogP contribution in [0.15, 0.2) is 11.8 Å². The molecule has 0 saturated heterocycles. The molecule has 3 heteroatoms. The van der Waals surface area contributed by atoms with E-state index in [2.05, 4.69) is 6.92 Å². The molecule has 0 bridgehead atoms. The number of rotatable bonds is 3. The number of aliphatic hydroxyl groups excluding tert-OH is 1. The van der Waals surface area contributed by atoms with Crippen LogP contribution >= 0.6 is 0 Å². The summed E-state index contributed by atoms with van der Waals surface area (Å²) in [6.45, 7) is 2.06. The van der Waals surface area contributed by atoms with E-state index in [4.69, 9.17) is 0 Å². The lowest BCUT2D eigenvalue weighted by molar-refractivity contribution is -0.128. The Bertz CT molecular complexity index is 343. The smallest absolute Gasteiger partial charge is 0.147 e. The molecule has 0 heterocycles. The normalized spacial score (nSPS) is 33.8. The minimum absolute atomic E-state index is 0.0723. The van der Waals surface area contributed by atoms with Crippen LogP contribution in [0.5, 0.6) is 0 Å². The Morgan fingerprint density at radius 1 is 1.31 bits per heavy atom. The molecular formula is C13H18O3. The van der Waals surface area contributed by atoms with Crippen molar-refractivity contribution in [2.45, 2.75) is 39.0 Å². The van der Waals surface area contributed by atoms with Gasteiger partial charge in [0.25, 0.3) is 0 Å². The third kappa shape index (κ3) is 1.79. The Morgan fingerprint density at radius 3 is 2.69 bits per heavy atom. The fourth-order valence-electron chi connectivity index (χ4n) is 2.84. The van der Waals surface area contributed by atoms with Crippen LogP contribution in [0.1, 0.15) is 39.0 Å². The van der Waals surface area contributed by atoms with Crippen molar-refractivity contribution >= 4 is 11.6 Å². The van der Waals surface area contributed by atoms with E-state index < -0.39 is 0 Å². The molecule has 0 amide bonds. The van der Waals surface area contributed by atoms with E-state index in [1.165, 1.54) is 0 Å². The molecule has 1 N–H and O–H groups in total. The highest BCUT2D eigenvalue weighted by Gasteiger charge is 2.49. The molecule has 1 fully saturated rings. The fourth-order valence-corrected chi connectivity index (χ4v) is 2.84. The van der Waals surface area contributed by atoms with Crippen LogP contribution in [-0.2, 0) is 9.59 Å². The van der Waals surface area contributed by atoms with Gasteiger partial charge in [-0.25, -0.2) is 0 Å². The first-order chi connectivity index (χ1) is 7.65. The molecule has 0 radical (unpaired) electrons. The summed E-state index contributed by atoms with van der Waals surface area (Å²) in [5.74, 6) is -0.298. The topological polar surface area (TPSA) is 54.4 Å². The summed E-state index contributed by atoms with van der Waals surface area (Å²) in [6, 6.07) is 0. The lowest BCUT2D eigenvalue weighted by Crippen LogP contribution is -2.21. The third-order valence-electron chi connectivity index (χ3n) is 3.79. The van der Waals surface area contributed by atoms with Crippen molar-refractivity contribution in [1.82, 2.24) is 0 Å². The summed E-state index contributed by atoms with van der Waals surface area (Å²) in [4.78, 5) is 24.1. The van der Waals surface area contributed by atoms with E-state index >= 15 is 0 Å². The lowest BCUT2D eigenvalue weighted by Gasteiger charge is -2.19. The summed E-state index contributed by atoms with van der Waals surface area (Å²) in [5.41, 5.74) is 0. The van der Waals surface area contributed by atoms with E-state index in [9.17, 15) is 14.7 Å². The number of ketones is 2. The first-order valence-electron chi connectivity index (χ1n) is 6.10. The largest absolute Gasteiger partial charge is 0.513 e. The van der Waals surface area contributed by atoms with Crippen molar-refractivity contribution < 1.29 is 14.7 Å². The van der Waals surface area contributed by atoms with Gasteiger partial charge in [0, 0.05) is 18.3 Å². The second-order valence-electron chi connectivity index (χ2n) is 4.85. The van der Waals surface area contributed by atoms with Gasteiger partial charge in [-0.1, -0.05) is 19.8 Å². The first-order valence-corrected chi connectivity index (χ1v) is 6.10. The van der Waals surface area contributed by atoms with Crippen molar-refractivity contribution in [2.75, 3.05) is 0 Å². The van der Waals surface area contributed by atoms with Crippen LogP contribution in [0, 0.1) is 17.8 Å². The number of carbonyl (C=O) groups is 2. The Hall–Kier alpha value is -1.12. The highest BCUT2D eigenvalue weighted by atomic mass is 16.3. The van der Waals surface area contributed by atoms with Crippen molar-refractivity contribution in [2.24, 2.45) is 17.8 Å². The van der Waals surface area contributed by atoms with Gasteiger partial charge in [-0.3, -0.25) is 9.59 Å². The highest BCUT2D eigenvalue weighted by molar-refractivity contribution is 6.11. The van der Waals surface area contributed by atoms with Crippen molar-refractivity contribution in [3.05, 3.63) is 11.8 Å². The molecule has 0 aromatic carbocycles. The Balaban J connectivity index is 2.12. The average Bonchev–Trinajstić information content (AvgIpc) is 2.50. The zero-order valence-corrected chi connectivity index (χ0v) is 9.61. The van der Waals surface area contributed by atoms with Gasteiger partial charge in [0.2, 0.25) is 0 Å². The molecule has 0 aliphatic heterocycles. The maximum atomic E-state index is 12.0. The predicted molar refractivity (Wildman–Crippen MR) is 60.0 cm³/mol. The number of fused-ring (bicyclic) bond motifs is 1. The minimum Gasteiger partial charge on any atom is -0.513 e. The molecule has 3 nitrogen and oxygen atoms in total. The van der Waals surface area contributed by atoms with E-state index in [-0.39, 0.29) is 35.1 Å². The standard InChI is InChI=1S/C13H18O3/c1-2-3-4-10-12(15)9-6-5-8(14)7-11(9)13(10)16/h5,9-11,14H,2-4,6-7H2,1H3. The van der Waals surface area contributed by atoms with E-state index in [0.29, 0.717) is 19.3 Å². The molecule has 2 aliphatic rings. The fraction of sp³-hybridized carbons (Fsp3) is 0.692. The monoisotopic (exact) mass is 222 g/mol. The maximum Gasteiger partial charge on any atom is 0.147 e. The number of unbranched alkanes of at least 4 members (excludes halogenated alkanes) is 1. The highest BCUT2D eigenvalue weighted by Crippen LogP contribution is 2.41. The van der Waals surface area contributed by atoms with Crippen LogP contribution in [0.4, 0.5) is 0 Å². The molecule has 2 rings (SSSR count). The molecular weight excluding hydrogens is 204 g/mol. The maximum absolute atomic E-state index is 12.0. The van der Waals surface area contributed by atoms with Gasteiger partial charge < -0.3 is 5.11 Å². The number of carbonyl (C=O) groups excluding carboxylic acids is 2. The molecule has 0 spiro atoms. The number of aliphatic hydroxyl groups is 1. The van der Waals surface area contributed by atoms with Gasteiger partial charge in [-0.05, 0) is 18.9 Å². The Kier molecular flexibility index (Phi) is 3.13. The lowest BCUT2D eigenvalue weighted by atomic mass is 9.84. The summed E-state index contributed by atoms with van der Waals surface area (Å²) >= 11 is 0. The summed E-state index contributed by atoms with van der Waals surface area (Å²) in [6.07, 6.45) is 5.24. The molecule has 3 unspecified atom stereocenters. The minimum atomic E-state index is -0.380. The summed E-state index contributed by atoms with van der Waals surface area (Å²) < 4.78 is 0. The first kappa shape index (κ1) is 11.4. The molecule has 0 aromatic heterocycles. The van der Waals surface area contributed by atoms with E-state index in [0.717, 1.165) is 12.8 Å². The molecule has 16 heavy (non-hydrogen) atoms. The van der Waals surface area contributed by atoms with Gasteiger partial charge >= 0.3 is 0 Å². The summed E-state index contributed by atoms with van der Waals surface area (Å²) in [7, 11) is 0. The number of Topliss-reactive ketones (excluding diaryl/α,β-unsaturated/α-hetero) is 2. The zero-order chi connectivity index (χ0) is 11.7. The van der Waals surface area contributed by atoms with Gasteiger partial charge in [-0.2, -0.15) is 0 Å². The van der Waals surface area contributed by atoms with Crippen LogP contribution in [0.25, 0.3) is 0 Å². The van der Waals surface area contributed by atoms with Gasteiger partial charge in [0.05, 0.1) is 11.7 Å². The average molecular weight is 222 g/mol. The predicted octanol–water partition coefficient (Wildman–Crippen LogP) is 2.41. The SMILES string of the molecule is CCCCC1C(=O)C2CC=C(O)CC2C1=O. The second kappa shape index (κ2) is 4.40. The van der Waals surface area contributed by atoms with Crippen LogP contribution < -0.4 is 0 Å². The van der Waals surface area contributed by atoms with Gasteiger partial charge in [-0.15, -0.1) is 0 Å². The van der Waals surface area contributed by atoms with Gasteiger partial charge in [0.15, 0.2) is 0 Å². The second-order valence-corrected chi connectivity index (χ2v) is 4.85. The quantitative estimate of drug-likeness (QED) is 0.746. The number of allylic oxidation sites excluding steroid dienone is 2. The van der Waals surface area contributed by atoms with E-state index in [1.54, 1.807) is 6.08 Å².